The fourth-order valence-corrected chi connectivity index (χ4v) is 5.67. The van der Waals surface area contributed by atoms with E-state index in [1.165, 1.54) is 11.3 Å². The maximum Gasteiger partial charge on any atom is 0.243 e. The highest BCUT2D eigenvalue weighted by Crippen LogP contribution is 2.45. The van der Waals surface area contributed by atoms with E-state index in [-0.39, 0.29) is 36.6 Å². The molecule has 2 aliphatic rings. The van der Waals surface area contributed by atoms with Crippen molar-refractivity contribution in [2.45, 2.75) is 38.1 Å². The van der Waals surface area contributed by atoms with Gasteiger partial charge in [0, 0.05) is 40.4 Å². The van der Waals surface area contributed by atoms with E-state index in [1.807, 2.05) is 48.5 Å². The highest BCUT2D eigenvalue weighted by Gasteiger charge is 2.43. The molecule has 0 spiro atoms. The van der Waals surface area contributed by atoms with Crippen LogP contribution in [0.15, 0.2) is 70.8 Å². The Morgan fingerprint density at radius 1 is 1.11 bits per heavy atom. The smallest absolute Gasteiger partial charge is 0.243 e. The van der Waals surface area contributed by atoms with Gasteiger partial charge in [0.1, 0.15) is 0 Å². The van der Waals surface area contributed by atoms with Crippen molar-refractivity contribution in [3.63, 3.8) is 0 Å². The minimum absolute atomic E-state index is 0.0537. The molecule has 6 nitrogen and oxygen atoms in total. The van der Waals surface area contributed by atoms with Gasteiger partial charge in [0.05, 0.1) is 11.8 Å². The summed E-state index contributed by atoms with van der Waals surface area (Å²) in [5.74, 6) is -0.362. The zero-order valence-electron chi connectivity index (χ0n) is 19.4. The second-order valence-corrected chi connectivity index (χ2v) is 10.6. The molecule has 1 fully saturated rings. The molecule has 184 valence electrons. The predicted molar refractivity (Wildman–Crippen MR) is 145 cm³/mol. The van der Waals surface area contributed by atoms with Gasteiger partial charge in [-0.25, -0.2) is 9.99 Å². The van der Waals surface area contributed by atoms with E-state index >= 15 is 0 Å². The summed E-state index contributed by atoms with van der Waals surface area (Å²) in [5, 5.41) is 12.8. The maximum absolute atomic E-state index is 13.4. The number of nitrogens with one attached hydrogen (secondary N) is 1. The van der Waals surface area contributed by atoms with Gasteiger partial charge in [-0.05, 0) is 66.3 Å². The Kier molecular flexibility index (Phi) is 7.51. The lowest BCUT2D eigenvalue weighted by molar-refractivity contribution is -0.135. The molecule has 1 saturated carbocycles. The van der Waals surface area contributed by atoms with Crippen LogP contribution in [0.25, 0.3) is 6.08 Å². The van der Waals surface area contributed by atoms with Gasteiger partial charge in [0.15, 0.2) is 5.13 Å². The fourth-order valence-electron chi connectivity index (χ4n) is 4.80. The predicted octanol–water partition coefficient (Wildman–Crippen LogP) is 6.99. The van der Waals surface area contributed by atoms with Crippen LogP contribution in [0.1, 0.15) is 49.3 Å². The highest BCUT2D eigenvalue weighted by molar-refractivity contribution is 7.13. The molecule has 1 aromatic heterocycles. The number of allylic oxidation sites excluding steroid dienone is 1. The molecular weight excluding hydrogens is 515 g/mol. The third-order valence-corrected chi connectivity index (χ3v) is 7.58. The Balaban J connectivity index is 1.41. The third-order valence-electron chi connectivity index (χ3n) is 6.40. The number of carbonyl (C=O) groups is 2. The van der Waals surface area contributed by atoms with E-state index in [4.69, 9.17) is 28.3 Å². The molecule has 0 saturated heterocycles. The number of rotatable bonds is 6. The van der Waals surface area contributed by atoms with Crippen molar-refractivity contribution in [3.05, 3.63) is 86.9 Å². The quantitative estimate of drug-likeness (QED) is 0.367. The average molecular weight is 539 g/mol. The minimum Gasteiger partial charge on any atom is -0.302 e. The molecule has 0 bridgehead atoms. The van der Waals surface area contributed by atoms with Crippen molar-refractivity contribution in [3.8, 4) is 0 Å². The monoisotopic (exact) mass is 538 g/mol. The summed E-state index contributed by atoms with van der Waals surface area (Å²) in [7, 11) is 0. The Hall–Kier alpha value is -3.00. The summed E-state index contributed by atoms with van der Waals surface area (Å²) >= 11 is 13.7. The molecule has 36 heavy (non-hydrogen) atoms. The van der Waals surface area contributed by atoms with Crippen LogP contribution in [-0.4, -0.2) is 27.5 Å². The first kappa shape index (κ1) is 24.7. The van der Waals surface area contributed by atoms with Gasteiger partial charge in [0.2, 0.25) is 11.8 Å². The van der Waals surface area contributed by atoms with Crippen LogP contribution in [0.5, 0.6) is 0 Å². The lowest BCUT2D eigenvalue weighted by Gasteiger charge is -2.29. The number of halogens is 2. The summed E-state index contributed by atoms with van der Waals surface area (Å²) in [6.45, 7) is 0. The highest BCUT2D eigenvalue weighted by atomic mass is 35.5. The summed E-state index contributed by atoms with van der Waals surface area (Å²) < 4.78 is 0. The number of benzene rings is 2. The number of hydrazone groups is 1. The minimum atomic E-state index is -0.243. The molecule has 1 aliphatic heterocycles. The number of hydrogen-bond acceptors (Lipinski definition) is 5. The second-order valence-electron chi connectivity index (χ2n) is 8.83. The van der Waals surface area contributed by atoms with Gasteiger partial charge in [-0.3, -0.25) is 9.59 Å². The van der Waals surface area contributed by atoms with Crippen molar-refractivity contribution < 1.29 is 9.59 Å². The largest absolute Gasteiger partial charge is 0.302 e. The Labute approximate surface area is 223 Å². The van der Waals surface area contributed by atoms with E-state index in [2.05, 4.69) is 16.4 Å². The van der Waals surface area contributed by atoms with Crippen LogP contribution >= 0.6 is 34.5 Å². The number of nitrogens with zero attached hydrogens (tertiary/aromatic N) is 3. The summed E-state index contributed by atoms with van der Waals surface area (Å²) in [4.78, 5) is 29.8. The van der Waals surface area contributed by atoms with Crippen molar-refractivity contribution in [2.24, 2.45) is 11.0 Å². The molecule has 2 amide bonds. The number of fused-ring (bicyclic) bond motifs is 1. The van der Waals surface area contributed by atoms with Crippen molar-refractivity contribution in [1.82, 2.24) is 9.99 Å². The van der Waals surface area contributed by atoms with Gasteiger partial charge < -0.3 is 5.32 Å². The molecular formula is C27H24Cl2N4O2S. The van der Waals surface area contributed by atoms with Gasteiger partial charge in [-0.15, -0.1) is 11.3 Å². The first-order chi connectivity index (χ1) is 17.5. The van der Waals surface area contributed by atoms with E-state index in [1.54, 1.807) is 16.6 Å². The third kappa shape index (κ3) is 5.53. The van der Waals surface area contributed by atoms with Gasteiger partial charge in [0.25, 0.3) is 0 Å². The van der Waals surface area contributed by atoms with Crippen LogP contribution in [-0.2, 0) is 9.59 Å². The first-order valence-corrected chi connectivity index (χ1v) is 13.4. The first-order valence-electron chi connectivity index (χ1n) is 11.8. The van der Waals surface area contributed by atoms with Gasteiger partial charge >= 0.3 is 0 Å². The van der Waals surface area contributed by atoms with E-state index in [0.29, 0.717) is 15.2 Å². The van der Waals surface area contributed by atoms with Crippen LogP contribution in [0.2, 0.25) is 10.0 Å². The molecule has 5 rings (SSSR count). The standard InChI is InChI=1S/C27H24Cl2N4O2S/c28-20-9-7-18(8-10-20)26-22-6-2-4-19(15-17-3-1-5-21(29)16-17)25(22)32-33(26)24(35)12-11-23(34)31-27-30-13-14-36-27/h1,3,5,7-10,13-16,22,26H,2,4,6,11-12H2,(H,30,31,34). The molecule has 1 N–H and O–H groups in total. The van der Waals surface area contributed by atoms with E-state index in [9.17, 15) is 9.59 Å². The van der Waals surface area contributed by atoms with E-state index in [0.717, 1.165) is 41.7 Å². The molecule has 0 radical (unpaired) electrons. The lowest BCUT2D eigenvalue weighted by Crippen LogP contribution is -2.32. The number of amides is 2. The number of anilines is 1. The van der Waals surface area contributed by atoms with Gasteiger partial charge in [-0.1, -0.05) is 47.5 Å². The molecule has 2 heterocycles. The zero-order chi connectivity index (χ0) is 25.1. The zero-order valence-corrected chi connectivity index (χ0v) is 21.7. The van der Waals surface area contributed by atoms with Crippen LogP contribution in [0.4, 0.5) is 5.13 Å². The average Bonchev–Trinajstić information content (AvgIpc) is 3.52. The molecule has 2 atom stereocenters. The molecule has 1 aliphatic carbocycles. The van der Waals surface area contributed by atoms with Crippen LogP contribution in [0, 0.1) is 5.92 Å². The van der Waals surface area contributed by atoms with Crippen LogP contribution in [0.3, 0.4) is 0 Å². The molecule has 3 aromatic rings. The fraction of sp³-hybridized carbons (Fsp3) is 0.259. The Morgan fingerprint density at radius 2 is 1.94 bits per heavy atom. The van der Waals surface area contributed by atoms with Crippen molar-refractivity contribution in [2.75, 3.05) is 5.32 Å². The molecule has 2 aromatic carbocycles. The Bertz CT molecular complexity index is 1320. The van der Waals surface area contributed by atoms with Crippen LogP contribution < -0.4 is 5.32 Å². The lowest BCUT2D eigenvalue weighted by atomic mass is 9.77. The van der Waals surface area contributed by atoms with Gasteiger partial charge in [-0.2, -0.15) is 5.10 Å². The normalized spacial score (nSPS) is 20.2. The number of hydrogen-bond donors (Lipinski definition) is 1. The summed E-state index contributed by atoms with van der Waals surface area (Å²) in [5.41, 5.74) is 4.03. The summed E-state index contributed by atoms with van der Waals surface area (Å²) in [6, 6.07) is 15.1. The summed E-state index contributed by atoms with van der Waals surface area (Å²) in [6.07, 6.45) is 6.66. The number of thiazole rings is 1. The topological polar surface area (TPSA) is 74.7 Å². The maximum atomic E-state index is 13.4. The molecule has 9 heteroatoms. The van der Waals surface area contributed by atoms with Crippen molar-refractivity contribution >= 4 is 63.3 Å². The second kappa shape index (κ2) is 10.9. The van der Waals surface area contributed by atoms with Crippen molar-refractivity contribution in [1.29, 1.82) is 0 Å². The molecule has 2 unspecified atom stereocenters. The Morgan fingerprint density at radius 3 is 2.69 bits per heavy atom. The number of carbonyl (C=O) groups excluding carboxylic acids is 2. The SMILES string of the molecule is O=C(CCC(=O)N1N=C2C(=Cc3cccc(Cl)c3)CCCC2C1c1ccc(Cl)cc1)Nc1nccs1. The number of aromatic nitrogens is 1. The van der Waals surface area contributed by atoms with E-state index < -0.39 is 0 Å².